The van der Waals surface area contributed by atoms with Crippen molar-refractivity contribution in [2.45, 2.75) is 25.9 Å². The molecule has 0 fully saturated rings. The highest BCUT2D eigenvalue weighted by Crippen LogP contribution is 2.21. The lowest BCUT2D eigenvalue weighted by molar-refractivity contribution is -0.170. The summed E-state index contributed by atoms with van der Waals surface area (Å²) in [5, 5.41) is 28.3. The summed E-state index contributed by atoms with van der Waals surface area (Å²) in [7, 11) is 0. The highest BCUT2D eigenvalue weighted by Gasteiger charge is 2.19. The number of carboxylic acids is 1. The highest BCUT2D eigenvalue weighted by atomic mass is 16.7. The van der Waals surface area contributed by atoms with Gasteiger partial charge in [-0.15, -0.1) is 0 Å². The largest absolute Gasteiger partial charge is 0.491 e. The smallest absolute Gasteiger partial charge is 0.373 e. The minimum atomic E-state index is -1.37. The molecule has 26 heavy (non-hydrogen) atoms. The predicted octanol–water partition coefficient (Wildman–Crippen LogP) is 2.12. The summed E-state index contributed by atoms with van der Waals surface area (Å²) in [4.78, 5) is 11.0. The van der Waals surface area contributed by atoms with Crippen LogP contribution in [-0.4, -0.2) is 40.8 Å². The fraction of sp³-hybridized carbons (Fsp3) is 0.316. The van der Waals surface area contributed by atoms with E-state index in [9.17, 15) is 9.90 Å². The zero-order chi connectivity index (χ0) is 18.9. The molecule has 2 rings (SSSR count). The van der Waals surface area contributed by atoms with Crippen LogP contribution in [0.4, 0.5) is 0 Å². The third-order valence-electron chi connectivity index (χ3n) is 3.51. The predicted molar refractivity (Wildman–Crippen MR) is 92.9 cm³/mol. The minimum Gasteiger partial charge on any atom is -0.491 e. The van der Waals surface area contributed by atoms with Gasteiger partial charge in [0.05, 0.1) is 6.61 Å². The quantitative estimate of drug-likeness (QED) is 0.556. The number of hydrogen-bond donors (Lipinski definition) is 3. The van der Waals surface area contributed by atoms with Crippen molar-refractivity contribution >= 4 is 5.97 Å². The van der Waals surface area contributed by atoms with Gasteiger partial charge < -0.3 is 29.5 Å². The third-order valence-corrected chi connectivity index (χ3v) is 3.51. The number of hydrogen-bond acceptors (Lipinski definition) is 6. The Labute approximate surface area is 151 Å². The number of aliphatic hydroxyl groups excluding tert-OH is 2. The average Bonchev–Trinajstić information content (AvgIpc) is 2.66. The van der Waals surface area contributed by atoms with Crippen molar-refractivity contribution in [1.29, 1.82) is 0 Å². The van der Waals surface area contributed by atoms with Crippen LogP contribution < -0.4 is 9.47 Å². The minimum absolute atomic E-state index is 0.0335. The van der Waals surface area contributed by atoms with E-state index in [1.165, 1.54) is 0 Å². The molecule has 140 valence electrons. The van der Waals surface area contributed by atoms with Gasteiger partial charge >= 0.3 is 5.97 Å². The van der Waals surface area contributed by atoms with Crippen LogP contribution in [-0.2, 0) is 16.1 Å². The molecule has 0 aromatic heterocycles. The van der Waals surface area contributed by atoms with Crippen LogP contribution >= 0.6 is 0 Å². The van der Waals surface area contributed by atoms with Crippen molar-refractivity contribution in [1.82, 2.24) is 0 Å². The van der Waals surface area contributed by atoms with Gasteiger partial charge in [0.1, 0.15) is 24.2 Å². The van der Waals surface area contributed by atoms with E-state index in [0.29, 0.717) is 22.6 Å². The molecule has 0 unspecified atom stereocenters. The summed E-state index contributed by atoms with van der Waals surface area (Å²) in [5.41, 5.74) is 1.36. The summed E-state index contributed by atoms with van der Waals surface area (Å²) in [6, 6.07) is 13.3. The first-order chi connectivity index (χ1) is 12.5. The maximum Gasteiger partial charge on any atom is 0.373 e. The molecule has 0 amide bonds. The van der Waals surface area contributed by atoms with Gasteiger partial charge in [-0.3, -0.25) is 0 Å². The van der Waals surface area contributed by atoms with Crippen molar-refractivity contribution in [3.05, 3.63) is 59.7 Å². The van der Waals surface area contributed by atoms with E-state index in [-0.39, 0.29) is 19.8 Å². The lowest BCUT2D eigenvalue weighted by Crippen LogP contribution is -2.30. The zero-order valence-electron chi connectivity index (χ0n) is 14.4. The summed E-state index contributed by atoms with van der Waals surface area (Å²) >= 11 is 0. The van der Waals surface area contributed by atoms with Crippen molar-refractivity contribution in [2.75, 3.05) is 13.2 Å². The van der Waals surface area contributed by atoms with Gasteiger partial charge in [0.25, 0.3) is 6.29 Å². The van der Waals surface area contributed by atoms with Gasteiger partial charge in [0.15, 0.2) is 0 Å². The molecule has 0 spiro atoms. The Morgan fingerprint density at radius 1 is 1.12 bits per heavy atom. The Hall–Kier alpha value is -2.61. The van der Waals surface area contributed by atoms with Gasteiger partial charge in [0, 0.05) is 6.61 Å². The third kappa shape index (κ3) is 5.73. The summed E-state index contributed by atoms with van der Waals surface area (Å²) in [5.74, 6) is -0.382. The number of ether oxygens (including phenoxy) is 3. The Bertz CT molecular complexity index is 699. The van der Waals surface area contributed by atoms with E-state index in [2.05, 4.69) is 0 Å². The fourth-order valence-corrected chi connectivity index (χ4v) is 2.22. The molecule has 2 aromatic carbocycles. The van der Waals surface area contributed by atoms with Gasteiger partial charge in [-0.05, 0) is 42.3 Å². The number of rotatable bonds is 10. The lowest BCUT2D eigenvalue weighted by atomic mass is 10.1. The highest BCUT2D eigenvalue weighted by molar-refractivity contribution is 5.71. The van der Waals surface area contributed by atoms with E-state index in [1.807, 2.05) is 0 Å². The first kappa shape index (κ1) is 19.7. The van der Waals surface area contributed by atoms with Crippen LogP contribution in [0.5, 0.6) is 11.5 Å². The molecule has 0 saturated carbocycles. The maximum atomic E-state index is 11.0. The van der Waals surface area contributed by atoms with Crippen LogP contribution in [0.25, 0.3) is 0 Å². The second-order valence-corrected chi connectivity index (χ2v) is 5.44. The van der Waals surface area contributed by atoms with E-state index in [4.69, 9.17) is 24.4 Å². The van der Waals surface area contributed by atoms with Crippen LogP contribution in [0.3, 0.4) is 0 Å². The second-order valence-electron chi connectivity index (χ2n) is 5.44. The monoisotopic (exact) mass is 362 g/mol. The van der Waals surface area contributed by atoms with Crippen molar-refractivity contribution < 1.29 is 34.3 Å². The number of aliphatic carboxylic acids is 1. The van der Waals surface area contributed by atoms with Crippen molar-refractivity contribution in [3.63, 3.8) is 0 Å². The zero-order valence-corrected chi connectivity index (χ0v) is 14.4. The standard InChI is InChI=1S/C19H22O7/c1-2-24-19(18(22)23)26-16-8-6-15(7-9-16)25-12-17(21)14-5-3-4-13(10-14)11-20/h3-10,17,19-21H,2,11-12H2,1H3,(H,22,23)/t17-,19+/m0/s1. The molecular formula is C19H22O7. The van der Waals surface area contributed by atoms with E-state index < -0.39 is 18.4 Å². The average molecular weight is 362 g/mol. The van der Waals surface area contributed by atoms with Gasteiger partial charge in [-0.2, -0.15) is 0 Å². The molecule has 2 atom stereocenters. The number of aliphatic hydroxyl groups is 2. The Kier molecular flexibility index (Phi) is 7.40. The second kappa shape index (κ2) is 9.76. The number of carboxylic acid groups (broad SMARTS) is 1. The Morgan fingerprint density at radius 3 is 2.42 bits per heavy atom. The molecule has 7 heteroatoms. The van der Waals surface area contributed by atoms with Gasteiger partial charge in [-0.1, -0.05) is 24.3 Å². The Balaban J connectivity index is 1.91. The Morgan fingerprint density at radius 2 is 1.81 bits per heavy atom. The summed E-state index contributed by atoms with van der Waals surface area (Å²) in [6.07, 6.45) is -2.21. The molecule has 2 aromatic rings. The molecule has 0 aliphatic heterocycles. The van der Waals surface area contributed by atoms with Crippen LogP contribution in [0.15, 0.2) is 48.5 Å². The fourth-order valence-electron chi connectivity index (χ4n) is 2.22. The molecule has 7 nitrogen and oxygen atoms in total. The van der Waals surface area contributed by atoms with Crippen molar-refractivity contribution in [3.8, 4) is 11.5 Å². The molecule has 0 bridgehead atoms. The van der Waals surface area contributed by atoms with Gasteiger partial charge in [-0.25, -0.2) is 4.79 Å². The number of carbonyl (C=O) groups is 1. The lowest BCUT2D eigenvalue weighted by Gasteiger charge is -2.16. The van der Waals surface area contributed by atoms with E-state index in [1.54, 1.807) is 55.5 Å². The molecule has 0 saturated heterocycles. The molecule has 0 aliphatic carbocycles. The first-order valence-electron chi connectivity index (χ1n) is 8.15. The van der Waals surface area contributed by atoms with Crippen molar-refractivity contribution in [2.24, 2.45) is 0 Å². The SMILES string of the molecule is CCO[C@H](Oc1ccc(OC[C@H](O)c2cccc(CO)c2)cc1)C(=O)O. The molecular weight excluding hydrogens is 340 g/mol. The topological polar surface area (TPSA) is 105 Å². The van der Waals surface area contributed by atoms with E-state index >= 15 is 0 Å². The van der Waals surface area contributed by atoms with E-state index in [0.717, 1.165) is 0 Å². The molecule has 0 heterocycles. The molecule has 0 radical (unpaired) electrons. The van der Waals surface area contributed by atoms with Gasteiger partial charge in [0.2, 0.25) is 0 Å². The summed E-state index contributed by atoms with van der Waals surface area (Å²) < 4.78 is 15.8. The molecule has 3 N–H and O–H groups in total. The van der Waals surface area contributed by atoms with Crippen LogP contribution in [0, 0.1) is 0 Å². The normalized spacial score (nSPS) is 13.0. The maximum absolute atomic E-state index is 11.0. The molecule has 0 aliphatic rings. The van der Waals surface area contributed by atoms with Crippen LogP contribution in [0.2, 0.25) is 0 Å². The van der Waals surface area contributed by atoms with Crippen LogP contribution in [0.1, 0.15) is 24.2 Å². The first-order valence-corrected chi connectivity index (χ1v) is 8.15. The summed E-state index contributed by atoms with van der Waals surface area (Å²) in [6.45, 7) is 1.83. The number of benzene rings is 2.